The van der Waals surface area contributed by atoms with E-state index in [-0.39, 0.29) is 11.9 Å². The molecule has 0 aliphatic carbocycles. The van der Waals surface area contributed by atoms with Gasteiger partial charge in [-0.2, -0.15) is 18.2 Å². The fraction of sp³-hybridized carbons (Fsp3) is 0.500. The minimum atomic E-state index is -4.67. The summed E-state index contributed by atoms with van der Waals surface area (Å²) < 4.78 is 62.1. The van der Waals surface area contributed by atoms with Crippen LogP contribution in [0.5, 0.6) is 0 Å². The van der Waals surface area contributed by atoms with E-state index in [0.29, 0.717) is 18.3 Å². The predicted molar refractivity (Wildman–Crippen MR) is 89.0 cm³/mol. The number of benzene rings is 1. The molecule has 10 heteroatoms. The topological polar surface area (TPSA) is 68.5 Å². The van der Waals surface area contributed by atoms with E-state index in [2.05, 4.69) is 14.7 Å². The van der Waals surface area contributed by atoms with Gasteiger partial charge in [-0.3, -0.25) is 4.67 Å². The standard InChI is InChI=1S/C16H19F3N3O3P/c1-24-13-7-8-22(9-13)26(2,23)10-11-3-5-12(6-4-11)14-20-15(25-21-14)16(17,18)19/h3-6,13H,7-10H2,1-2H3. The summed E-state index contributed by atoms with van der Waals surface area (Å²) in [6.45, 7) is 3.12. The maximum Gasteiger partial charge on any atom is 0.471 e. The van der Waals surface area contributed by atoms with Crippen LogP contribution in [-0.2, 0) is 21.6 Å². The highest BCUT2D eigenvalue weighted by atomic mass is 31.2. The van der Waals surface area contributed by atoms with Crippen LogP contribution < -0.4 is 0 Å². The average Bonchev–Trinajstić information content (AvgIpc) is 3.24. The number of methoxy groups -OCH3 is 1. The normalized spacial score (nSPS) is 21.0. The first-order valence-corrected chi connectivity index (χ1v) is 10.3. The molecular formula is C16H19F3N3O3P. The van der Waals surface area contributed by atoms with Crippen molar-refractivity contribution in [3.05, 3.63) is 35.7 Å². The van der Waals surface area contributed by atoms with Crippen LogP contribution in [-0.4, -0.2) is 47.8 Å². The van der Waals surface area contributed by atoms with Crippen LogP contribution in [0.25, 0.3) is 11.4 Å². The van der Waals surface area contributed by atoms with Gasteiger partial charge >= 0.3 is 12.1 Å². The maximum absolute atomic E-state index is 13.0. The summed E-state index contributed by atoms with van der Waals surface area (Å²) in [5, 5.41) is 3.35. The van der Waals surface area contributed by atoms with E-state index in [1.165, 1.54) is 0 Å². The molecule has 3 rings (SSSR count). The average molecular weight is 389 g/mol. The smallest absolute Gasteiger partial charge is 0.380 e. The van der Waals surface area contributed by atoms with Gasteiger partial charge in [-0.25, -0.2) is 0 Å². The molecule has 6 nitrogen and oxygen atoms in total. The second-order valence-corrected chi connectivity index (χ2v) is 9.37. The predicted octanol–water partition coefficient (Wildman–Crippen LogP) is 3.88. The van der Waals surface area contributed by atoms with E-state index in [1.807, 2.05) is 4.67 Å². The van der Waals surface area contributed by atoms with Crippen LogP contribution in [0.15, 0.2) is 28.8 Å². The van der Waals surface area contributed by atoms with Crippen LogP contribution in [0.4, 0.5) is 13.2 Å². The monoisotopic (exact) mass is 389 g/mol. The molecule has 1 aliphatic rings. The quantitative estimate of drug-likeness (QED) is 0.723. The molecule has 0 amide bonds. The maximum atomic E-state index is 13.0. The largest absolute Gasteiger partial charge is 0.471 e. The van der Waals surface area contributed by atoms with Crippen molar-refractivity contribution in [2.45, 2.75) is 24.9 Å². The summed E-state index contributed by atoms with van der Waals surface area (Å²) in [4.78, 5) is 3.36. The third-order valence-electron chi connectivity index (χ3n) is 4.41. The summed E-state index contributed by atoms with van der Waals surface area (Å²) in [6.07, 6.45) is -3.33. The van der Waals surface area contributed by atoms with Crippen molar-refractivity contribution >= 4 is 7.29 Å². The van der Waals surface area contributed by atoms with Crippen molar-refractivity contribution in [2.24, 2.45) is 0 Å². The lowest BCUT2D eigenvalue weighted by Gasteiger charge is -2.24. The summed E-state index contributed by atoms with van der Waals surface area (Å²) >= 11 is 0. The van der Waals surface area contributed by atoms with Gasteiger partial charge in [-0.05, 0) is 12.0 Å². The first kappa shape index (κ1) is 19.1. The third kappa shape index (κ3) is 4.16. The Hall–Kier alpha value is -1.70. The number of hydrogen-bond acceptors (Lipinski definition) is 5. The molecule has 2 unspecified atom stereocenters. The van der Waals surface area contributed by atoms with Crippen molar-refractivity contribution in [1.29, 1.82) is 0 Å². The van der Waals surface area contributed by atoms with E-state index >= 15 is 0 Å². The lowest BCUT2D eigenvalue weighted by molar-refractivity contribution is -0.159. The summed E-state index contributed by atoms with van der Waals surface area (Å²) in [7, 11) is -0.914. The van der Waals surface area contributed by atoms with Gasteiger partial charge in [0.05, 0.1) is 6.10 Å². The molecule has 0 radical (unpaired) electrons. The molecule has 0 bridgehead atoms. The third-order valence-corrected chi connectivity index (χ3v) is 6.92. The Labute approximate surface area is 148 Å². The zero-order valence-corrected chi connectivity index (χ0v) is 15.3. The van der Waals surface area contributed by atoms with Gasteiger partial charge in [0, 0.05) is 38.6 Å². The zero-order chi connectivity index (χ0) is 18.9. The van der Waals surface area contributed by atoms with E-state index in [1.54, 1.807) is 38.0 Å². The van der Waals surface area contributed by atoms with E-state index in [4.69, 9.17) is 4.74 Å². The SMILES string of the molecule is COC1CCN(P(C)(=O)Cc2ccc(-c3noc(C(F)(F)F)n3)cc2)C1. The number of ether oxygens (including phenoxy) is 1. The van der Waals surface area contributed by atoms with Crippen LogP contribution >= 0.6 is 7.29 Å². The fourth-order valence-corrected chi connectivity index (χ4v) is 5.10. The van der Waals surface area contributed by atoms with Gasteiger partial charge in [-0.15, -0.1) is 0 Å². The first-order valence-electron chi connectivity index (χ1n) is 8.04. The highest BCUT2D eigenvalue weighted by molar-refractivity contribution is 7.59. The molecule has 26 heavy (non-hydrogen) atoms. The van der Waals surface area contributed by atoms with Crippen molar-refractivity contribution in [3.8, 4) is 11.4 Å². The van der Waals surface area contributed by atoms with Gasteiger partial charge < -0.3 is 13.8 Å². The summed E-state index contributed by atoms with van der Waals surface area (Å²) in [5.74, 6) is -1.51. The molecule has 142 valence electrons. The van der Waals surface area contributed by atoms with Crippen molar-refractivity contribution < 1.29 is 27.0 Å². The van der Waals surface area contributed by atoms with Gasteiger partial charge in [0.25, 0.3) is 0 Å². The van der Waals surface area contributed by atoms with Crippen molar-refractivity contribution in [1.82, 2.24) is 14.8 Å². The van der Waals surface area contributed by atoms with Crippen molar-refractivity contribution in [3.63, 3.8) is 0 Å². The lowest BCUT2D eigenvalue weighted by Crippen LogP contribution is -2.20. The molecule has 1 aromatic carbocycles. The summed E-state index contributed by atoms with van der Waals surface area (Å²) in [6, 6.07) is 6.64. The molecule has 1 aliphatic heterocycles. The second-order valence-electron chi connectivity index (χ2n) is 6.39. The molecular weight excluding hydrogens is 370 g/mol. The number of aromatic nitrogens is 2. The van der Waals surface area contributed by atoms with E-state index in [0.717, 1.165) is 18.5 Å². The van der Waals surface area contributed by atoms with Gasteiger partial charge in [0.2, 0.25) is 5.82 Å². The molecule has 0 spiro atoms. The number of alkyl halides is 3. The molecule has 1 aromatic heterocycles. The highest BCUT2D eigenvalue weighted by Crippen LogP contribution is 2.51. The van der Waals surface area contributed by atoms with Crippen LogP contribution in [0.2, 0.25) is 0 Å². The number of nitrogens with zero attached hydrogens (tertiary/aromatic N) is 3. The number of halogens is 3. The summed E-state index contributed by atoms with van der Waals surface area (Å²) in [5.41, 5.74) is 1.24. The lowest BCUT2D eigenvalue weighted by atomic mass is 10.1. The molecule has 2 heterocycles. The number of hydrogen-bond donors (Lipinski definition) is 0. The Morgan fingerprint density at radius 1 is 1.35 bits per heavy atom. The van der Waals surface area contributed by atoms with Crippen LogP contribution in [0.3, 0.4) is 0 Å². The van der Waals surface area contributed by atoms with Crippen LogP contribution in [0, 0.1) is 0 Å². The molecule has 1 fully saturated rings. The van der Waals surface area contributed by atoms with Gasteiger partial charge in [-0.1, -0.05) is 29.4 Å². The Morgan fingerprint density at radius 3 is 2.58 bits per heavy atom. The minimum absolute atomic E-state index is 0.103. The fourth-order valence-electron chi connectivity index (χ4n) is 2.94. The first-order chi connectivity index (χ1) is 12.2. The minimum Gasteiger partial charge on any atom is -0.380 e. The Balaban J connectivity index is 1.70. The van der Waals surface area contributed by atoms with E-state index < -0.39 is 19.4 Å². The Bertz CT molecular complexity index is 807. The second kappa shape index (κ2) is 7.13. The molecule has 0 saturated carbocycles. The van der Waals surface area contributed by atoms with Gasteiger partial charge in [0.15, 0.2) is 7.29 Å². The molecule has 1 saturated heterocycles. The van der Waals surface area contributed by atoms with Crippen molar-refractivity contribution in [2.75, 3.05) is 26.9 Å². The van der Waals surface area contributed by atoms with Gasteiger partial charge in [0.1, 0.15) is 0 Å². The van der Waals surface area contributed by atoms with E-state index in [9.17, 15) is 17.7 Å². The molecule has 2 atom stereocenters. The Morgan fingerprint density at radius 2 is 2.04 bits per heavy atom. The Kier molecular flexibility index (Phi) is 5.23. The number of rotatable bonds is 5. The molecule has 2 aromatic rings. The highest BCUT2D eigenvalue weighted by Gasteiger charge is 2.38. The zero-order valence-electron chi connectivity index (χ0n) is 14.4. The van der Waals surface area contributed by atoms with Crippen LogP contribution in [0.1, 0.15) is 17.9 Å². The molecule has 0 N–H and O–H groups in total.